The van der Waals surface area contributed by atoms with E-state index in [1.807, 2.05) is 6.07 Å². The topological polar surface area (TPSA) is 41.0 Å². The third-order valence-corrected chi connectivity index (χ3v) is 4.68. The summed E-state index contributed by atoms with van der Waals surface area (Å²) in [6, 6.07) is 2.42. The molecule has 1 saturated carbocycles. The van der Waals surface area contributed by atoms with Gasteiger partial charge in [-0.3, -0.25) is 0 Å². The van der Waals surface area contributed by atoms with Gasteiger partial charge in [-0.05, 0) is 76.6 Å². The molecule has 0 aliphatic heterocycles. The summed E-state index contributed by atoms with van der Waals surface area (Å²) in [6.45, 7) is 8.37. The van der Waals surface area contributed by atoms with Gasteiger partial charge >= 0.3 is 0 Å². The summed E-state index contributed by atoms with van der Waals surface area (Å²) in [7, 11) is 0. The standard InChI is InChI=1S/C18H32N4/c1-3-13-22(14-4-2)15-10-16-6-8-17(9-7-16)21-18-19-11-5-12-20-18/h5,11-12,16-17H,3-4,6-10,13-15H2,1-2H3,(H,19,20,21). The van der Waals surface area contributed by atoms with Gasteiger partial charge in [-0.2, -0.15) is 0 Å². The Morgan fingerprint density at radius 3 is 2.23 bits per heavy atom. The lowest BCUT2D eigenvalue weighted by Gasteiger charge is -2.31. The highest BCUT2D eigenvalue weighted by Gasteiger charge is 2.21. The molecule has 0 radical (unpaired) electrons. The highest BCUT2D eigenvalue weighted by Crippen LogP contribution is 2.28. The van der Waals surface area contributed by atoms with Gasteiger partial charge in [0.1, 0.15) is 0 Å². The van der Waals surface area contributed by atoms with Gasteiger partial charge in [-0.25, -0.2) is 9.97 Å². The monoisotopic (exact) mass is 304 g/mol. The minimum absolute atomic E-state index is 0.557. The van der Waals surface area contributed by atoms with Crippen LogP contribution in [-0.4, -0.2) is 40.5 Å². The Morgan fingerprint density at radius 2 is 1.64 bits per heavy atom. The predicted molar refractivity (Wildman–Crippen MR) is 93.0 cm³/mol. The van der Waals surface area contributed by atoms with E-state index in [1.54, 1.807) is 12.4 Å². The minimum atomic E-state index is 0.557. The normalized spacial score (nSPS) is 22.0. The maximum absolute atomic E-state index is 4.26. The van der Waals surface area contributed by atoms with Gasteiger partial charge in [-0.1, -0.05) is 13.8 Å². The fourth-order valence-corrected chi connectivity index (χ4v) is 3.48. The van der Waals surface area contributed by atoms with Gasteiger partial charge in [-0.15, -0.1) is 0 Å². The van der Waals surface area contributed by atoms with Crippen LogP contribution in [0.15, 0.2) is 18.5 Å². The fraction of sp³-hybridized carbons (Fsp3) is 0.778. The second-order valence-corrected chi connectivity index (χ2v) is 6.56. The Bertz CT molecular complexity index is 381. The number of aromatic nitrogens is 2. The van der Waals surface area contributed by atoms with Crippen LogP contribution >= 0.6 is 0 Å². The summed E-state index contributed by atoms with van der Waals surface area (Å²) in [4.78, 5) is 11.2. The maximum Gasteiger partial charge on any atom is 0.222 e. The van der Waals surface area contributed by atoms with Crippen LogP contribution in [0, 0.1) is 5.92 Å². The SMILES string of the molecule is CCCN(CCC)CCC1CCC(Nc2ncccn2)CC1. The van der Waals surface area contributed by atoms with Crippen molar-refractivity contribution in [2.45, 2.75) is 64.8 Å². The average Bonchev–Trinajstić information content (AvgIpc) is 2.55. The molecule has 4 nitrogen and oxygen atoms in total. The lowest BCUT2D eigenvalue weighted by Crippen LogP contribution is -2.31. The van der Waals surface area contributed by atoms with E-state index in [4.69, 9.17) is 0 Å². The highest BCUT2D eigenvalue weighted by molar-refractivity contribution is 5.24. The van der Waals surface area contributed by atoms with Crippen molar-refractivity contribution in [2.24, 2.45) is 5.92 Å². The molecule has 1 N–H and O–H groups in total. The molecule has 124 valence electrons. The molecule has 1 aliphatic rings. The predicted octanol–water partition coefficient (Wildman–Crippen LogP) is 3.96. The summed E-state index contributed by atoms with van der Waals surface area (Å²) in [6.07, 6.45) is 12.7. The Hall–Kier alpha value is -1.16. The molecule has 22 heavy (non-hydrogen) atoms. The number of anilines is 1. The zero-order chi connectivity index (χ0) is 15.6. The largest absolute Gasteiger partial charge is 0.351 e. The van der Waals surface area contributed by atoms with Crippen molar-refractivity contribution in [3.8, 4) is 0 Å². The van der Waals surface area contributed by atoms with Crippen molar-refractivity contribution in [1.29, 1.82) is 0 Å². The van der Waals surface area contributed by atoms with Crippen LogP contribution in [0.2, 0.25) is 0 Å². The molecule has 1 aromatic rings. The molecule has 1 aliphatic carbocycles. The number of hydrogen-bond donors (Lipinski definition) is 1. The van der Waals surface area contributed by atoms with E-state index < -0.39 is 0 Å². The average molecular weight is 304 g/mol. The van der Waals surface area contributed by atoms with Crippen molar-refractivity contribution in [3.63, 3.8) is 0 Å². The van der Waals surface area contributed by atoms with Crippen LogP contribution in [0.4, 0.5) is 5.95 Å². The molecule has 2 rings (SSSR count). The zero-order valence-corrected chi connectivity index (χ0v) is 14.3. The van der Waals surface area contributed by atoms with Gasteiger partial charge in [0, 0.05) is 18.4 Å². The molecule has 0 spiro atoms. The number of nitrogens with zero attached hydrogens (tertiary/aromatic N) is 3. The number of nitrogens with one attached hydrogen (secondary N) is 1. The second-order valence-electron chi connectivity index (χ2n) is 6.56. The van der Waals surface area contributed by atoms with E-state index in [1.165, 1.54) is 64.6 Å². The van der Waals surface area contributed by atoms with E-state index in [2.05, 4.69) is 34.0 Å². The van der Waals surface area contributed by atoms with E-state index in [-0.39, 0.29) is 0 Å². The summed E-state index contributed by atoms with van der Waals surface area (Å²) in [5, 5.41) is 3.47. The highest BCUT2D eigenvalue weighted by atomic mass is 15.1. The van der Waals surface area contributed by atoms with Crippen LogP contribution in [0.5, 0.6) is 0 Å². The Kier molecular flexibility index (Phi) is 7.64. The van der Waals surface area contributed by atoms with E-state index in [9.17, 15) is 0 Å². The molecule has 1 aromatic heterocycles. The first kappa shape index (κ1) is 17.2. The Labute approximate surface area is 135 Å². The quantitative estimate of drug-likeness (QED) is 0.750. The van der Waals surface area contributed by atoms with E-state index in [0.29, 0.717) is 6.04 Å². The van der Waals surface area contributed by atoms with Crippen LogP contribution < -0.4 is 5.32 Å². The lowest BCUT2D eigenvalue weighted by atomic mass is 9.84. The van der Waals surface area contributed by atoms with Crippen molar-refractivity contribution in [2.75, 3.05) is 25.0 Å². The molecule has 1 fully saturated rings. The second kappa shape index (κ2) is 9.78. The summed E-state index contributed by atoms with van der Waals surface area (Å²) >= 11 is 0. The molecule has 0 saturated heterocycles. The Morgan fingerprint density at radius 1 is 1.00 bits per heavy atom. The zero-order valence-electron chi connectivity index (χ0n) is 14.3. The lowest BCUT2D eigenvalue weighted by molar-refractivity contribution is 0.228. The summed E-state index contributed by atoms with van der Waals surface area (Å²) in [5.74, 6) is 1.69. The molecule has 0 unspecified atom stereocenters. The number of hydrogen-bond acceptors (Lipinski definition) is 4. The molecular weight excluding hydrogens is 272 g/mol. The first-order valence-electron chi connectivity index (χ1n) is 9.07. The molecule has 1 heterocycles. The number of rotatable bonds is 9. The van der Waals surface area contributed by atoms with Gasteiger partial charge < -0.3 is 10.2 Å². The van der Waals surface area contributed by atoms with Crippen LogP contribution in [0.3, 0.4) is 0 Å². The van der Waals surface area contributed by atoms with Gasteiger partial charge in [0.05, 0.1) is 0 Å². The van der Waals surface area contributed by atoms with Crippen molar-refractivity contribution in [3.05, 3.63) is 18.5 Å². The van der Waals surface area contributed by atoms with E-state index >= 15 is 0 Å². The first-order chi connectivity index (χ1) is 10.8. The van der Waals surface area contributed by atoms with Crippen LogP contribution in [-0.2, 0) is 0 Å². The van der Waals surface area contributed by atoms with Crippen molar-refractivity contribution in [1.82, 2.24) is 14.9 Å². The van der Waals surface area contributed by atoms with Gasteiger partial charge in [0.25, 0.3) is 0 Å². The molecule has 0 bridgehead atoms. The minimum Gasteiger partial charge on any atom is -0.351 e. The molecule has 0 amide bonds. The third-order valence-electron chi connectivity index (χ3n) is 4.68. The smallest absolute Gasteiger partial charge is 0.222 e. The molecule has 0 atom stereocenters. The third kappa shape index (κ3) is 5.91. The van der Waals surface area contributed by atoms with Crippen molar-refractivity contribution >= 4 is 5.95 Å². The van der Waals surface area contributed by atoms with Crippen molar-refractivity contribution < 1.29 is 0 Å². The summed E-state index contributed by atoms with van der Waals surface area (Å²) < 4.78 is 0. The van der Waals surface area contributed by atoms with Gasteiger partial charge in [0.2, 0.25) is 5.95 Å². The van der Waals surface area contributed by atoms with Crippen LogP contribution in [0.1, 0.15) is 58.8 Å². The Balaban J connectivity index is 1.66. The first-order valence-corrected chi connectivity index (χ1v) is 9.07. The van der Waals surface area contributed by atoms with Gasteiger partial charge in [0.15, 0.2) is 0 Å². The molecule has 0 aromatic carbocycles. The maximum atomic E-state index is 4.26. The molecule has 4 heteroatoms. The summed E-state index contributed by atoms with van der Waals surface area (Å²) in [5.41, 5.74) is 0. The van der Waals surface area contributed by atoms with E-state index in [0.717, 1.165) is 11.9 Å². The van der Waals surface area contributed by atoms with Crippen LogP contribution in [0.25, 0.3) is 0 Å². The fourth-order valence-electron chi connectivity index (χ4n) is 3.48. The molecular formula is C18H32N4.